The number of hydrogen-bond donors (Lipinski definition) is 2. The van der Waals surface area contributed by atoms with Crippen LogP contribution < -0.4 is 10.9 Å². The Morgan fingerprint density at radius 3 is 2.93 bits per heavy atom. The van der Waals surface area contributed by atoms with Crippen LogP contribution in [0.1, 0.15) is 16.7 Å². The van der Waals surface area contributed by atoms with E-state index in [-0.39, 0.29) is 5.56 Å². The van der Waals surface area contributed by atoms with Crippen molar-refractivity contribution in [1.29, 1.82) is 5.26 Å². The van der Waals surface area contributed by atoms with Gasteiger partial charge in [0.2, 0.25) is 5.88 Å². The Kier molecular flexibility index (Phi) is 4.97. The highest BCUT2D eigenvalue weighted by Gasteiger charge is 2.16. The summed E-state index contributed by atoms with van der Waals surface area (Å²) in [6.07, 6.45) is 0. The average molecular weight is 407 g/mol. The van der Waals surface area contributed by atoms with Crippen molar-refractivity contribution < 1.29 is 4.84 Å². The fourth-order valence-corrected chi connectivity index (χ4v) is 4.10. The molecule has 7 nitrogen and oxygen atoms in total. The van der Waals surface area contributed by atoms with Crippen molar-refractivity contribution in [2.45, 2.75) is 10.9 Å². The van der Waals surface area contributed by atoms with E-state index in [1.165, 1.54) is 23.1 Å². The van der Waals surface area contributed by atoms with Gasteiger partial charge in [-0.3, -0.25) is 4.79 Å². The highest BCUT2D eigenvalue weighted by Crippen LogP contribution is 2.27. The van der Waals surface area contributed by atoms with Gasteiger partial charge in [-0.2, -0.15) is 5.26 Å². The zero-order chi connectivity index (χ0) is 19.5. The van der Waals surface area contributed by atoms with E-state index in [9.17, 15) is 10.1 Å². The third kappa shape index (κ3) is 3.69. The van der Waals surface area contributed by atoms with Crippen molar-refractivity contribution >= 4 is 28.9 Å². The van der Waals surface area contributed by atoms with Crippen LogP contribution in [0.3, 0.4) is 0 Å². The molecule has 0 atom stereocenters. The maximum atomic E-state index is 12.3. The fourth-order valence-electron chi connectivity index (χ4n) is 2.58. The molecule has 138 valence electrons. The molecule has 0 spiro atoms. The van der Waals surface area contributed by atoms with Crippen molar-refractivity contribution in [3.8, 4) is 16.6 Å². The minimum Gasteiger partial charge on any atom is -0.337 e. The van der Waals surface area contributed by atoms with Crippen LogP contribution in [-0.2, 0) is 10.6 Å². The molecule has 0 aliphatic carbocycles. The molecule has 1 aliphatic rings. The molecule has 28 heavy (non-hydrogen) atoms. The van der Waals surface area contributed by atoms with E-state index in [1.807, 2.05) is 47.8 Å². The van der Waals surface area contributed by atoms with E-state index < -0.39 is 5.56 Å². The van der Waals surface area contributed by atoms with Crippen LogP contribution in [0.15, 0.2) is 69.3 Å². The maximum Gasteiger partial charge on any atom is 0.270 e. The minimum atomic E-state index is -0.433. The molecule has 0 unspecified atom stereocenters. The summed E-state index contributed by atoms with van der Waals surface area (Å²) in [5.74, 6) is 1.57. The van der Waals surface area contributed by atoms with Crippen molar-refractivity contribution in [1.82, 2.24) is 15.3 Å². The van der Waals surface area contributed by atoms with Crippen LogP contribution >= 0.6 is 23.1 Å². The predicted octanol–water partition coefficient (Wildman–Crippen LogP) is 3.41. The molecule has 4 rings (SSSR count). The number of nitrogens with zero attached hydrogens (tertiary/aromatic N) is 3. The number of aromatic amines is 1. The minimum absolute atomic E-state index is 0.0272. The van der Waals surface area contributed by atoms with Crippen molar-refractivity contribution in [2.24, 2.45) is 5.16 Å². The molecule has 1 aromatic carbocycles. The summed E-state index contributed by atoms with van der Waals surface area (Å²) in [6.45, 7) is 3.66. The first-order valence-electron chi connectivity index (χ1n) is 8.15. The zero-order valence-electron chi connectivity index (χ0n) is 14.4. The number of H-pyrrole nitrogens is 1. The Morgan fingerprint density at radius 1 is 1.32 bits per heavy atom. The standard InChI is InChI=1S/C19H13N5O2S2/c1-11-21-17(24-26-11)13-5-2-4-12(8-13)10-28-19-22-16(15-6-3-7-27-15)14(9-20)18(25)23-19/h2-8H,1,10H2,(H,21,24)(H,22,23,25). The Bertz CT molecular complexity index is 1180. The summed E-state index contributed by atoms with van der Waals surface area (Å²) in [5, 5.41) is 18.5. The van der Waals surface area contributed by atoms with Gasteiger partial charge < -0.3 is 15.1 Å². The number of aromatic nitrogens is 2. The number of amidine groups is 1. The molecule has 0 bridgehead atoms. The summed E-state index contributed by atoms with van der Waals surface area (Å²) in [4.78, 5) is 25.2. The molecule has 3 aromatic rings. The molecule has 0 fully saturated rings. The normalized spacial score (nSPS) is 12.8. The molecular weight excluding hydrogens is 394 g/mol. The Balaban J connectivity index is 1.57. The molecule has 0 saturated carbocycles. The zero-order valence-corrected chi connectivity index (χ0v) is 16.1. The third-order valence-corrected chi connectivity index (χ3v) is 5.67. The van der Waals surface area contributed by atoms with Gasteiger partial charge in [0.05, 0.1) is 4.88 Å². The molecule has 0 radical (unpaired) electrons. The van der Waals surface area contributed by atoms with Crippen LogP contribution in [0, 0.1) is 11.3 Å². The molecule has 2 aromatic heterocycles. The van der Waals surface area contributed by atoms with E-state index >= 15 is 0 Å². The molecule has 1 aliphatic heterocycles. The molecule has 3 heterocycles. The van der Waals surface area contributed by atoms with Crippen LogP contribution in [0.25, 0.3) is 10.6 Å². The van der Waals surface area contributed by atoms with E-state index in [2.05, 4.69) is 27.0 Å². The van der Waals surface area contributed by atoms with Gasteiger partial charge in [-0.05, 0) is 29.7 Å². The van der Waals surface area contributed by atoms with Gasteiger partial charge in [0.25, 0.3) is 5.56 Å². The quantitative estimate of drug-likeness (QED) is 0.496. The van der Waals surface area contributed by atoms with Gasteiger partial charge in [0.1, 0.15) is 17.3 Å². The van der Waals surface area contributed by atoms with E-state index in [1.54, 1.807) is 0 Å². The first kappa shape index (κ1) is 18.0. The summed E-state index contributed by atoms with van der Waals surface area (Å²) in [5.41, 5.74) is 1.90. The molecule has 9 heteroatoms. The van der Waals surface area contributed by atoms with Gasteiger partial charge in [0, 0.05) is 11.3 Å². The lowest BCUT2D eigenvalue weighted by molar-refractivity contribution is 0.240. The number of nitrogens with one attached hydrogen (secondary N) is 2. The van der Waals surface area contributed by atoms with E-state index in [0.717, 1.165) is 16.0 Å². The lowest BCUT2D eigenvalue weighted by Gasteiger charge is -2.06. The Morgan fingerprint density at radius 2 is 2.21 bits per heavy atom. The summed E-state index contributed by atoms with van der Waals surface area (Å²) >= 11 is 2.83. The lowest BCUT2D eigenvalue weighted by atomic mass is 10.1. The van der Waals surface area contributed by atoms with Gasteiger partial charge >= 0.3 is 0 Å². The second-order valence-corrected chi connectivity index (χ2v) is 7.66. The van der Waals surface area contributed by atoms with Crippen LogP contribution in [0.4, 0.5) is 0 Å². The second kappa shape index (κ2) is 7.72. The Hall–Kier alpha value is -3.35. The average Bonchev–Trinajstić information content (AvgIpc) is 3.38. The highest BCUT2D eigenvalue weighted by atomic mass is 32.2. The van der Waals surface area contributed by atoms with Gasteiger partial charge in [-0.15, -0.1) is 11.3 Å². The predicted molar refractivity (Wildman–Crippen MR) is 109 cm³/mol. The monoisotopic (exact) mass is 407 g/mol. The second-order valence-electron chi connectivity index (χ2n) is 5.75. The first-order chi connectivity index (χ1) is 13.6. The van der Waals surface area contributed by atoms with Crippen LogP contribution in [-0.4, -0.2) is 15.8 Å². The van der Waals surface area contributed by atoms with Crippen molar-refractivity contribution in [2.75, 3.05) is 0 Å². The number of hydrogen-bond acceptors (Lipinski definition) is 8. The molecule has 0 saturated heterocycles. The van der Waals surface area contributed by atoms with Crippen molar-refractivity contribution in [3.63, 3.8) is 0 Å². The molecule has 2 N–H and O–H groups in total. The third-order valence-electron chi connectivity index (χ3n) is 3.84. The number of rotatable bonds is 5. The first-order valence-corrected chi connectivity index (χ1v) is 10.0. The fraction of sp³-hybridized carbons (Fsp3) is 0.0526. The SMILES string of the molecule is C=C1NC(c2cccc(CSc3nc(-c4cccs4)c(C#N)c(=O)[nH]3)c2)=NO1. The summed E-state index contributed by atoms with van der Waals surface area (Å²) < 4.78 is 0. The van der Waals surface area contributed by atoms with Crippen LogP contribution in [0.5, 0.6) is 0 Å². The molecular formula is C19H13N5O2S2. The van der Waals surface area contributed by atoms with E-state index in [0.29, 0.717) is 28.3 Å². The smallest absolute Gasteiger partial charge is 0.270 e. The highest BCUT2D eigenvalue weighted by molar-refractivity contribution is 7.98. The number of oxime groups is 1. The lowest BCUT2D eigenvalue weighted by Crippen LogP contribution is -2.17. The number of thioether (sulfide) groups is 1. The van der Waals surface area contributed by atoms with Crippen molar-refractivity contribution in [3.05, 3.63) is 81.3 Å². The summed E-state index contributed by atoms with van der Waals surface area (Å²) in [6, 6.07) is 13.4. The van der Waals surface area contributed by atoms with Gasteiger partial charge in [0.15, 0.2) is 11.0 Å². The summed E-state index contributed by atoms with van der Waals surface area (Å²) in [7, 11) is 0. The van der Waals surface area contributed by atoms with Crippen LogP contribution in [0.2, 0.25) is 0 Å². The molecule has 0 amide bonds. The number of thiophene rings is 1. The number of benzene rings is 1. The van der Waals surface area contributed by atoms with Gasteiger partial charge in [-0.1, -0.05) is 41.2 Å². The topological polar surface area (TPSA) is 103 Å². The van der Waals surface area contributed by atoms with Gasteiger partial charge in [-0.25, -0.2) is 4.98 Å². The number of nitriles is 1. The Labute approximate surface area is 168 Å². The maximum absolute atomic E-state index is 12.3. The van der Waals surface area contributed by atoms with E-state index in [4.69, 9.17) is 4.84 Å². The largest absolute Gasteiger partial charge is 0.337 e.